The van der Waals surface area contributed by atoms with Crippen LogP contribution in [0.3, 0.4) is 0 Å². The number of alkyl halides is 1. The van der Waals surface area contributed by atoms with Gasteiger partial charge in [0, 0.05) is 11.9 Å². The Bertz CT molecular complexity index is 410. The Morgan fingerprint density at radius 3 is 2.83 bits per heavy atom. The number of hydrogen-bond donors (Lipinski definition) is 0. The first kappa shape index (κ1) is 13.5. The van der Waals surface area contributed by atoms with Crippen LogP contribution in [-0.2, 0) is 16.0 Å². The van der Waals surface area contributed by atoms with Gasteiger partial charge < -0.3 is 9.64 Å². The highest BCUT2D eigenvalue weighted by molar-refractivity contribution is 9.09. The third kappa shape index (κ3) is 3.29. The van der Waals surface area contributed by atoms with Crippen LogP contribution < -0.4 is 0 Å². The molecule has 18 heavy (non-hydrogen) atoms. The summed E-state index contributed by atoms with van der Waals surface area (Å²) >= 11 is 3.39. The molecule has 2 rings (SSSR count). The zero-order chi connectivity index (χ0) is 13.0. The molecule has 0 aliphatic carbocycles. The van der Waals surface area contributed by atoms with Crippen molar-refractivity contribution in [2.75, 3.05) is 25.1 Å². The number of carbonyl (C=O) groups is 1. The van der Waals surface area contributed by atoms with Crippen molar-refractivity contribution in [3.8, 4) is 0 Å². The van der Waals surface area contributed by atoms with Gasteiger partial charge in [0.1, 0.15) is 5.82 Å². The first-order valence-electron chi connectivity index (χ1n) is 5.88. The molecule has 0 bridgehead atoms. The van der Waals surface area contributed by atoms with Crippen molar-refractivity contribution in [3.05, 3.63) is 35.6 Å². The van der Waals surface area contributed by atoms with Crippen molar-refractivity contribution in [2.24, 2.45) is 0 Å². The normalized spacial score (nSPS) is 19.9. The van der Waals surface area contributed by atoms with Gasteiger partial charge >= 0.3 is 0 Å². The summed E-state index contributed by atoms with van der Waals surface area (Å²) in [5.41, 5.74) is 0.834. The van der Waals surface area contributed by atoms with Crippen molar-refractivity contribution < 1.29 is 13.9 Å². The Kier molecular flexibility index (Phi) is 4.72. The van der Waals surface area contributed by atoms with E-state index in [0.717, 1.165) is 5.56 Å². The van der Waals surface area contributed by atoms with Crippen LogP contribution in [0.5, 0.6) is 0 Å². The minimum atomic E-state index is -0.282. The molecule has 0 aromatic heterocycles. The van der Waals surface area contributed by atoms with Crippen LogP contribution >= 0.6 is 15.9 Å². The number of nitrogens with zero attached hydrogens (tertiary/aromatic N) is 1. The maximum Gasteiger partial charge on any atom is 0.227 e. The molecule has 1 saturated heterocycles. The number of benzene rings is 1. The Morgan fingerprint density at radius 1 is 1.44 bits per heavy atom. The largest absolute Gasteiger partial charge is 0.377 e. The predicted molar refractivity (Wildman–Crippen MR) is 70.2 cm³/mol. The molecule has 1 heterocycles. The van der Waals surface area contributed by atoms with Gasteiger partial charge in [-0.05, 0) is 17.7 Å². The van der Waals surface area contributed by atoms with Crippen molar-refractivity contribution in [3.63, 3.8) is 0 Å². The average Bonchev–Trinajstić information content (AvgIpc) is 2.41. The maximum absolute atomic E-state index is 12.8. The molecule has 1 atom stereocenters. The zero-order valence-electron chi connectivity index (χ0n) is 9.94. The first-order chi connectivity index (χ1) is 8.70. The fraction of sp³-hybridized carbons (Fsp3) is 0.462. The molecule has 0 radical (unpaired) electrons. The summed E-state index contributed by atoms with van der Waals surface area (Å²) in [5, 5.41) is 0.710. The topological polar surface area (TPSA) is 29.5 Å². The second kappa shape index (κ2) is 6.29. The van der Waals surface area contributed by atoms with Crippen LogP contribution in [0.15, 0.2) is 24.3 Å². The Labute approximate surface area is 114 Å². The number of halogens is 2. The van der Waals surface area contributed by atoms with Crippen molar-refractivity contribution in [2.45, 2.75) is 12.5 Å². The molecule has 0 spiro atoms. The molecule has 1 aliphatic rings. The van der Waals surface area contributed by atoms with E-state index >= 15 is 0 Å². The Balaban J connectivity index is 2.00. The monoisotopic (exact) mass is 315 g/mol. The molecule has 1 unspecified atom stereocenters. The Morgan fingerprint density at radius 2 is 2.17 bits per heavy atom. The van der Waals surface area contributed by atoms with E-state index in [1.165, 1.54) is 12.1 Å². The SMILES string of the molecule is O=C(Cc1ccc(F)cc1)N1CCOCC1CBr. The summed E-state index contributed by atoms with van der Waals surface area (Å²) in [7, 11) is 0. The molecular weight excluding hydrogens is 301 g/mol. The Hall–Kier alpha value is -0.940. The van der Waals surface area contributed by atoms with Gasteiger partial charge in [-0.2, -0.15) is 0 Å². The minimum absolute atomic E-state index is 0.0642. The van der Waals surface area contributed by atoms with Crippen LogP contribution in [0, 0.1) is 5.82 Å². The number of hydrogen-bond acceptors (Lipinski definition) is 2. The minimum Gasteiger partial charge on any atom is -0.377 e. The predicted octanol–water partition coefficient (Wildman–Crippen LogP) is 1.99. The van der Waals surface area contributed by atoms with Crippen LogP contribution in [0.4, 0.5) is 4.39 Å². The van der Waals surface area contributed by atoms with Crippen molar-refractivity contribution in [1.82, 2.24) is 4.90 Å². The van der Waals surface area contributed by atoms with E-state index in [2.05, 4.69) is 15.9 Å². The lowest BCUT2D eigenvalue weighted by atomic mass is 10.1. The number of ether oxygens (including phenoxy) is 1. The summed E-state index contributed by atoms with van der Waals surface area (Å²) in [6.07, 6.45) is 0.309. The van der Waals surface area contributed by atoms with Gasteiger partial charge in [0.2, 0.25) is 5.91 Å². The summed E-state index contributed by atoms with van der Waals surface area (Å²) in [6.45, 7) is 1.77. The average molecular weight is 316 g/mol. The highest BCUT2D eigenvalue weighted by atomic mass is 79.9. The number of morpholine rings is 1. The van der Waals surface area contributed by atoms with Gasteiger partial charge in [-0.1, -0.05) is 28.1 Å². The third-order valence-corrected chi connectivity index (χ3v) is 3.74. The zero-order valence-corrected chi connectivity index (χ0v) is 11.5. The molecule has 1 aliphatic heterocycles. The molecule has 98 valence electrons. The van der Waals surface area contributed by atoms with E-state index in [4.69, 9.17) is 4.74 Å². The number of amides is 1. The standard InChI is InChI=1S/C13H15BrFNO2/c14-8-12-9-18-6-5-16(12)13(17)7-10-1-3-11(15)4-2-10/h1-4,12H,5-9H2. The molecule has 1 fully saturated rings. The fourth-order valence-corrected chi connectivity index (χ4v) is 2.53. The molecule has 1 aromatic rings. The van der Waals surface area contributed by atoms with Crippen molar-refractivity contribution in [1.29, 1.82) is 0 Å². The van der Waals surface area contributed by atoms with Gasteiger partial charge in [0.25, 0.3) is 0 Å². The first-order valence-corrected chi connectivity index (χ1v) is 7.00. The van der Waals surface area contributed by atoms with Crippen molar-refractivity contribution >= 4 is 21.8 Å². The van der Waals surface area contributed by atoms with Crippen LogP contribution in [0.1, 0.15) is 5.56 Å². The van der Waals surface area contributed by atoms with Gasteiger partial charge in [0.05, 0.1) is 25.7 Å². The third-order valence-electron chi connectivity index (χ3n) is 2.99. The summed E-state index contributed by atoms with van der Waals surface area (Å²) in [6, 6.07) is 6.15. The van der Waals surface area contributed by atoms with E-state index in [1.54, 1.807) is 12.1 Å². The number of rotatable bonds is 3. The lowest BCUT2D eigenvalue weighted by Gasteiger charge is -2.34. The highest BCUT2D eigenvalue weighted by Gasteiger charge is 2.26. The quantitative estimate of drug-likeness (QED) is 0.798. The van der Waals surface area contributed by atoms with E-state index < -0.39 is 0 Å². The number of carbonyl (C=O) groups excluding carboxylic acids is 1. The molecular formula is C13H15BrFNO2. The van der Waals surface area contributed by atoms with Gasteiger partial charge in [-0.25, -0.2) is 4.39 Å². The van der Waals surface area contributed by atoms with Gasteiger partial charge in [-0.3, -0.25) is 4.79 Å². The fourth-order valence-electron chi connectivity index (χ4n) is 1.99. The highest BCUT2D eigenvalue weighted by Crippen LogP contribution is 2.12. The smallest absolute Gasteiger partial charge is 0.227 e. The van der Waals surface area contributed by atoms with E-state index in [9.17, 15) is 9.18 Å². The molecule has 1 amide bonds. The lowest BCUT2D eigenvalue weighted by molar-refractivity contribution is -0.138. The lowest BCUT2D eigenvalue weighted by Crippen LogP contribution is -2.50. The van der Waals surface area contributed by atoms with E-state index in [0.29, 0.717) is 31.5 Å². The molecule has 5 heteroatoms. The molecule has 1 aromatic carbocycles. The summed E-state index contributed by atoms with van der Waals surface area (Å²) in [4.78, 5) is 14.0. The molecule has 0 saturated carbocycles. The maximum atomic E-state index is 12.8. The molecule has 3 nitrogen and oxygen atoms in total. The van der Waals surface area contributed by atoms with Crippen LogP contribution in [0.2, 0.25) is 0 Å². The van der Waals surface area contributed by atoms with Crippen LogP contribution in [0.25, 0.3) is 0 Å². The van der Waals surface area contributed by atoms with Crippen LogP contribution in [-0.4, -0.2) is 41.9 Å². The summed E-state index contributed by atoms with van der Waals surface area (Å²) < 4.78 is 18.1. The van der Waals surface area contributed by atoms with Gasteiger partial charge in [0.15, 0.2) is 0 Å². The van der Waals surface area contributed by atoms with E-state index in [1.807, 2.05) is 4.90 Å². The summed E-state index contributed by atoms with van der Waals surface area (Å²) in [5.74, 6) is -0.217. The molecule has 0 N–H and O–H groups in total. The second-order valence-electron chi connectivity index (χ2n) is 4.27. The second-order valence-corrected chi connectivity index (χ2v) is 4.92. The van der Waals surface area contributed by atoms with E-state index in [-0.39, 0.29) is 17.8 Å². The van der Waals surface area contributed by atoms with Gasteiger partial charge in [-0.15, -0.1) is 0 Å².